The molecular formula is C14H19N3O3. The van der Waals surface area contributed by atoms with Gasteiger partial charge in [-0.2, -0.15) is 0 Å². The third-order valence-electron chi connectivity index (χ3n) is 3.21. The van der Waals surface area contributed by atoms with Gasteiger partial charge in [0.2, 0.25) is 5.91 Å². The molecule has 1 amide bonds. The average Bonchev–Trinajstić information content (AvgIpc) is 2.89. The Morgan fingerprint density at radius 3 is 2.95 bits per heavy atom. The molecule has 0 saturated heterocycles. The average molecular weight is 277 g/mol. The number of aliphatic hydroxyl groups excluding tert-OH is 1. The van der Waals surface area contributed by atoms with E-state index in [0.29, 0.717) is 0 Å². The van der Waals surface area contributed by atoms with E-state index in [1.165, 1.54) is 7.11 Å². The van der Waals surface area contributed by atoms with Gasteiger partial charge in [0.15, 0.2) is 0 Å². The Kier molecular flexibility index (Phi) is 4.70. The van der Waals surface area contributed by atoms with Gasteiger partial charge in [-0.05, 0) is 19.1 Å². The molecule has 0 aliphatic carbocycles. The normalized spacial score (nSPS) is 14.2. The number of aliphatic hydroxyl groups is 1. The number of hydrogen-bond donors (Lipinski definition) is 2. The number of nitrogens with one attached hydrogen (secondary N) is 1. The molecule has 2 unspecified atom stereocenters. The summed E-state index contributed by atoms with van der Waals surface area (Å²) in [6.45, 7) is 1.92. The van der Waals surface area contributed by atoms with E-state index in [1.807, 2.05) is 28.8 Å². The van der Waals surface area contributed by atoms with Gasteiger partial charge in [-0.3, -0.25) is 4.79 Å². The highest BCUT2D eigenvalue weighted by Gasteiger charge is 2.20. The molecule has 2 atom stereocenters. The summed E-state index contributed by atoms with van der Waals surface area (Å²) in [4.78, 5) is 16.5. The number of nitrogens with zero attached hydrogens (tertiary/aromatic N) is 2. The van der Waals surface area contributed by atoms with Crippen LogP contribution in [0.25, 0.3) is 11.0 Å². The van der Waals surface area contributed by atoms with Crippen LogP contribution in [0.4, 0.5) is 0 Å². The summed E-state index contributed by atoms with van der Waals surface area (Å²) in [5.74, 6) is -0.177. The maximum Gasteiger partial charge on any atom is 0.243 e. The second-order valence-electron chi connectivity index (χ2n) is 4.66. The summed E-state index contributed by atoms with van der Waals surface area (Å²) in [6, 6.07) is 6.83. The minimum Gasteiger partial charge on any atom is -0.394 e. The number of aromatic nitrogens is 2. The fourth-order valence-electron chi connectivity index (χ4n) is 2.08. The first kappa shape index (κ1) is 14.5. The number of imidazole rings is 1. The van der Waals surface area contributed by atoms with Gasteiger partial charge in [0, 0.05) is 7.11 Å². The number of benzene rings is 1. The Morgan fingerprint density at radius 2 is 2.25 bits per heavy atom. The van der Waals surface area contributed by atoms with Crippen LogP contribution in [0.3, 0.4) is 0 Å². The Labute approximate surface area is 117 Å². The van der Waals surface area contributed by atoms with Crippen LogP contribution in [0.15, 0.2) is 30.6 Å². The Hall–Kier alpha value is -1.92. The molecule has 6 heteroatoms. The zero-order chi connectivity index (χ0) is 14.5. The number of ether oxygens (including phenoxy) is 1. The predicted molar refractivity (Wildman–Crippen MR) is 75.3 cm³/mol. The first-order valence-electron chi connectivity index (χ1n) is 6.49. The summed E-state index contributed by atoms with van der Waals surface area (Å²) in [6.07, 6.45) is 1.65. The first-order chi connectivity index (χ1) is 9.67. The zero-order valence-electron chi connectivity index (χ0n) is 11.6. The van der Waals surface area contributed by atoms with E-state index >= 15 is 0 Å². The number of fused-ring (bicyclic) bond motifs is 1. The van der Waals surface area contributed by atoms with Crippen molar-refractivity contribution in [2.24, 2.45) is 0 Å². The lowest BCUT2D eigenvalue weighted by Gasteiger charge is -2.19. The third-order valence-corrected chi connectivity index (χ3v) is 3.21. The fraction of sp³-hybridized carbons (Fsp3) is 0.429. The number of para-hydroxylation sites is 2. The molecule has 0 bridgehead atoms. The van der Waals surface area contributed by atoms with Crippen molar-refractivity contribution in [2.45, 2.75) is 19.0 Å². The van der Waals surface area contributed by atoms with Gasteiger partial charge >= 0.3 is 0 Å². The molecule has 2 rings (SSSR count). The molecule has 0 aliphatic rings. The number of methoxy groups -OCH3 is 1. The van der Waals surface area contributed by atoms with Crippen LogP contribution in [-0.4, -0.2) is 46.9 Å². The maximum absolute atomic E-state index is 12.2. The van der Waals surface area contributed by atoms with Gasteiger partial charge in [0.05, 0.1) is 36.6 Å². The molecule has 0 aliphatic heterocycles. The molecule has 1 aromatic heterocycles. The van der Waals surface area contributed by atoms with Crippen molar-refractivity contribution in [1.82, 2.24) is 14.9 Å². The first-order valence-corrected chi connectivity index (χ1v) is 6.49. The number of hydrogen-bond acceptors (Lipinski definition) is 4. The lowest BCUT2D eigenvalue weighted by molar-refractivity contribution is -0.125. The van der Waals surface area contributed by atoms with E-state index in [2.05, 4.69) is 10.3 Å². The maximum atomic E-state index is 12.2. The minimum atomic E-state index is -0.409. The van der Waals surface area contributed by atoms with Crippen molar-refractivity contribution in [3.05, 3.63) is 30.6 Å². The molecule has 2 aromatic rings. The predicted octanol–water partition coefficient (Wildman–Crippen LogP) is 0.721. The Morgan fingerprint density at radius 1 is 1.50 bits per heavy atom. The van der Waals surface area contributed by atoms with Crippen molar-refractivity contribution in [2.75, 3.05) is 20.3 Å². The SMILES string of the molecule is COCC(CO)NC(=O)C(C)n1cnc2ccccc21. The molecular weight excluding hydrogens is 258 g/mol. The van der Waals surface area contributed by atoms with Gasteiger partial charge in [0.1, 0.15) is 6.04 Å². The highest BCUT2D eigenvalue weighted by Crippen LogP contribution is 2.17. The van der Waals surface area contributed by atoms with Gasteiger partial charge in [-0.1, -0.05) is 12.1 Å². The Bertz CT molecular complexity index is 582. The second kappa shape index (κ2) is 6.49. The Balaban J connectivity index is 2.14. The largest absolute Gasteiger partial charge is 0.394 e. The van der Waals surface area contributed by atoms with Crippen LogP contribution >= 0.6 is 0 Å². The summed E-state index contributed by atoms with van der Waals surface area (Å²) in [5.41, 5.74) is 1.75. The molecule has 0 radical (unpaired) electrons. The number of carbonyl (C=O) groups excluding carboxylic acids is 1. The third kappa shape index (κ3) is 2.97. The summed E-state index contributed by atoms with van der Waals surface area (Å²) in [7, 11) is 1.53. The summed E-state index contributed by atoms with van der Waals surface area (Å²) in [5, 5.41) is 11.9. The topological polar surface area (TPSA) is 76.4 Å². The lowest BCUT2D eigenvalue weighted by Crippen LogP contribution is -2.43. The molecule has 0 fully saturated rings. The van der Waals surface area contributed by atoms with Gasteiger partial charge in [-0.25, -0.2) is 4.98 Å². The van der Waals surface area contributed by atoms with Crippen molar-refractivity contribution in [1.29, 1.82) is 0 Å². The number of amides is 1. The quantitative estimate of drug-likeness (QED) is 0.815. The monoisotopic (exact) mass is 277 g/mol. The highest BCUT2D eigenvalue weighted by atomic mass is 16.5. The van der Waals surface area contributed by atoms with Crippen LogP contribution in [-0.2, 0) is 9.53 Å². The van der Waals surface area contributed by atoms with Crippen LogP contribution in [0.5, 0.6) is 0 Å². The van der Waals surface area contributed by atoms with Crippen molar-refractivity contribution in [3.8, 4) is 0 Å². The molecule has 6 nitrogen and oxygen atoms in total. The minimum absolute atomic E-state index is 0.156. The number of carbonyl (C=O) groups is 1. The van der Waals surface area contributed by atoms with Crippen LogP contribution < -0.4 is 5.32 Å². The van der Waals surface area contributed by atoms with Gasteiger partial charge in [0.25, 0.3) is 0 Å². The lowest BCUT2D eigenvalue weighted by atomic mass is 10.2. The molecule has 0 spiro atoms. The molecule has 1 aromatic carbocycles. The van der Waals surface area contributed by atoms with E-state index in [1.54, 1.807) is 13.3 Å². The molecule has 0 saturated carbocycles. The van der Waals surface area contributed by atoms with Crippen molar-refractivity contribution in [3.63, 3.8) is 0 Å². The second-order valence-corrected chi connectivity index (χ2v) is 4.66. The van der Waals surface area contributed by atoms with E-state index in [4.69, 9.17) is 4.74 Å². The fourth-order valence-corrected chi connectivity index (χ4v) is 2.08. The standard InChI is InChI=1S/C14H19N3O3/c1-10(14(19)16-11(7-18)8-20-2)17-9-15-12-5-3-4-6-13(12)17/h3-6,9-11,18H,7-8H2,1-2H3,(H,16,19). The van der Waals surface area contributed by atoms with Crippen molar-refractivity contribution < 1.29 is 14.6 Å². The molecule has 20 heavy (non-hydrogen) atoms. The van der Waals surface area contributed by atoms with Crippen LogP contribution in [0.1, 0.15) is 13.0 Å². The number of rotatable bonds is 6. The van der Waals surface area contributed by atoms with E-state index in [-0.39, 0.29) is 19.1 Å². The molecule has 1 heterocycles. The van der Waals surface area contributed by atoms with E-state index in [0.717, 1.165) is 11.0 Å². The highest BCUT2D eigenvalue weighted by molar-refractivity contribution is 5.83. The van der Waals surface area contributed by atoms with E-state index < -0.39 is 12.1 Å². The summed E-state index contributed by atoms with van der Waals surface area (Å²) >= 11 is 0. The molecule has 2 N–H and O–H groups in total. The van der Waals surface area contributed by atoms with Crippen molar-refractivity contribution >= 4 is 16.9 Å². The smallest absolute Gasteiger partial charge is 0.243 e. The van der Waals surface area contributed by atoms with Crippen LogP contribution in [0, 0.1) is 0 Å². The summed E-state index contributed by atoms with van der Waals surface area (Å²) < 4.78 is 6.75. The van der Waals surface area contributed by atoms with Gasteiger partial charge in [-0.15, -0.1) is 0 Å². The molecule has 108 valence electrons. The van der Waals surface area contributed by atoms with E-state index in [9.17, 15) is 9.90 Å². The zero-order valence-corrected chi connectivity index (χ0v) is 11.6. The van der Waals surface area contributed by atoms with Gasteiger partial charge < -0.3 is 19.7 Å². The van der Waals surface area contributed by atoms with Crippen LogP contribution in [0.2, 0.25) is 0 Å².